The molecule has 3 rings (SSSR count). The third-order valence-electron chi connectivity index (χ3n) is 5.30. The summed E-state index contributed by atoms with van der Waals surface area (Å²) < 4.78 is 5.77. The Kier molecular flexibility index (Phi) is 7.28. The number of piperidine rings is 1. The number of primary amides is 1. The van der Waals surface area contributed by atoms with Crippen LogP contribution in [0.15, 0.2) is 48.5 Å². The number of hydrogen-bond donors (Lipinski definition) is 2. The van der Waals surface area contributed by atoms with Crippen LogP contribution in [0.4, 0.5) is 0 Å². The standard InChI is InChI=1S/C24H29N3O4/c1-16(2)23(29)26-19-9-6-12-27(14-19)24(30)18-8-5-7-17(13-18)15-31-21-11-4-3-10-20(21)22(25)28/h3-5,7-8,10-11,13,16,19H,6,9,12,14-15H2,1-2H3,(H2,25,28)(H,26,29). The lowest BCUT2D eigenvalue weighted by Gasteiger charge is -2.33. The molecule has 0 bridgehead atoms. The highest BCUT2D eigenvalue weighted by atomic mass is 16.5. The highest BCUT2D eigenvalue weighted by Crippen LogP contribution is 2.20. The molecular formula is C24H29N3O4. The predicted octanol–water partition coefficient (Wildman–Crippen LogP) is 2.74. The maximum absolute atomic E-state index is 13.0. The van der Waals surface area contributed by atoms with Gasteiger partial charge in [-0.3, -0.25) is 14.4 Å². The third kappa shape index (κ3) is 5.84. The van der Waals surface area contributed by atoms with Gasteiger partial charge in [0.1, 0.15) is 12.4 Å². The topological polar surface area (TPSA) is 102 Å². The molecule has 0 spiro atoms. The normalized spacial score (nSPS) is 16.1. The van der Waals surface area contributed by atoms with Crippen molar-refractivity contribution < 1.29 is 19.1 Å². The number of rotatable bonds is 7. The van der Waals surface area contributed by atoms with Crippen LogP contribution < -0.4 is 15.8 Å². The molecule has 1 aliphatic heterocycles. The van der Waals surface area contributed by atoms with Gasteiger partial charge in [0.15, 0.2) is 0 Å². The molecule has 1 heterocycles. The van der Waals surface area contributed by atoms with Crippen molar-refractivity contribution >= 4 is 17.7 Å². The van der Waals surface area contributed by atoms with Gasteiger partial charge in [0.25, 0.3) is 11.8 Å². The highest BCUT2D eigenvalue weighted by molar-refractivity contribution is 5.95. The lowest BCUT2D eigenvalue weighted by atomic mass is 10.0. The maximum atomic E-state index is 13.0. The predicted molar refractivity (Wildman–Crippen MR) is 118 cm³/mol. The lowest BCUT2D eigenvalue weighted by molar-refractivity contribution is -0.125. The Hall–Kier alpha value is -3.35. The molecule has 164 valence electrons. The second-order valence-electron chi connectivity index (χ2n) is 8.10. The molecule has 2 aromatic carbocycles. The van der Waals surface area contributed by atoms with Gasteiger partial charge >= 0.3 is 0 Å². The van der Waals surface area contributed by atoms with E-state index in [1.54, 1.807) is 41.3 Å². The van der Waals surface area contributed by atoms with Gasteiger partial charge in [-0.05, 0) is 42.7 Å². The van der Waals surface area contributed by atoms with Gasteiger partial charge < -0.3 is 20.7 Å². The number of nitrogens with two attached hydrogens (primary N) is 1. The smallest absolute Gasteiger partial charge is 0.253 e. The Morgan fingerprint density at radius 2 is 1.94 bits per heavy atom. The number of para-hydroxylation sites is 1. The first-order valence-electron chi connectivity index (χ1n) is 10.6. The van der Waals surface area contributed by atoms with E-state index in [-0.39, 0.29) is 30.4 Å². The van der Waals surface area contributed by atoms with Gasteiger partial charge in [0.05, 0.1) is 5.56 Å². The monoisotopic (exact) mass is 423 g/mol. The van der Waals surface area contributed by atoms with Crippen LogP contribution in [-0.2, 0) is 11.4 Å². The maximum Gasteiger partial charge on any atom is 0.253 e. The molecule has 1 fully saturated rings. The van der Waals surface area contributed by atoms with Crippen LogP contribution >= 0.6 is 0 Å². The molecule has 3 amide bonds. The minimum Gasteiger partial charge on any atom is -0.488 e. The molecule has 0 aromatic heterocycles. The SMILES string of the molecule is CC(C)C(=O)NC1CCCN(C(=O)c2cccc(COc3ccccc3C(N)=O)c2)C1. The number of amides is 3. The van der Waals surface area contributed by atoms with E-state index in [2.05, 4.69) is 5.32 Å². The molecule has 1 atom stereocenters. The number of carbonyl (C=O) groups excluding carboxylic acids is 3. The first-order chi connectivity index (χ1) is 14.8. The molecule has 1 aliphatic rings. The summed E-state index contributed by atoms with van der Waals surface area (Å²) in [4.78, 5) is 38.4. The molecular weight excluding hydrogens is 394 g/mol. The Balaban J connectivity index is 1.65. The Morgan fingerprint density at radius 3 is 2.68 bits per heavy atom. The van der Waals surface area contributed by atoms with E-state index in [0.29, 0.717) is 30.0 Å². The van der Waals surface area contributed by atoms with Crippen LogP contribution in [-0.4, -0.2) is 41.8 Å². The van der Waals surface area contributed by atoms with Crippen molar-refractivity contribution in [2.24, 2.45) is 11.7 Å². The molecule has 1 saturated heterocycles. The van der Waals surface area contributed by atoms with E-state index in [9.17, 15) is 14.4 Å². The van der Waals surface area contributed by atoms with Crippen LogP contribution in [0.1, 0.15) is 53.0 Å². The van der Waals surface area contributed by atoms with Crippen molar-refractivity contribution in [3.63, 3.8) is 0 Å². The van der Waals surface area contributed by atoms with E-state index in [1.807, 2.05) is 26.0 Å². The Morgan fingerprint density at radius 1 is 1.16 bits per heavy atom. The van der Waals surface area contributed by atoms with Crippen molar-refractivity contribution in [2.45, 2.75) is 39.3 Å². The van der Waals surface area contributed by atoms with Crippen molar-refractivity contribution in [3.05, 3.63) is 65.2 Å². The zero-order valence-electron chi connectivity index (χ0n) is 18.0. The number of hydrogen-bond acceptors (Lipinski definition) is 4. The number of ether oxygens (including phenoxy) is 1. The van der Waals surface area contributed by atoms with Gasteiger partial charge in [-0.15, -0.1) is 0 Å². The summed E-state index contributed by atoms with van der Waals surface area (Å²) in [5.41, 5.74) is 7.09. The van der Waals surface area contributed by atoms with E-state index in [4.69, 9.17) is 10.5 Å². The van der Waals surface area contributed by atoms with Crippen molar-refractivity contribution in [3.8, 4) is 5.75 Å². The van der Waals surface area contributed by atoms with Crippen LogP contribution in [0, 0.1) is 5.92 Å². The van der Waals surface area contributed by atoms with Crippen LogP contribution in [0.5, 0.6) is 5.75 Å². The van der Waals surface area contributed by atoms with E-state index in [1.165, 1.54) is 0 Å². The minimum absolute atomic E-state index is 0.00897. The summed E-state index contributed by atoms with van der Waals surface area (Å²) >= 11 is 0. The third-order valence-corrected chi connectivity index (χ3v) is 5.30. The zero-order chi connectivity index (χ0) is 22.4. The van der Waals surface area contributed by atoms with Crippen molar-refractivity contribution in [1.29, 1.82) is 0 Å². The Labute approximate surface area is 182 Å². The number of benzene rings is 2. The molecule has 7 nitrogen and oxygen atoms in total. The average Bonchev–Trinajstić information content (AvgIpc) is 2.77. The summed E-state index contributed by atoms with van der Waals surface area (Å²) in [5.74, 6) is -0.282. The first-order valence-corrected chi connectivity index (χ1v) is 10.6. The fourth-order valence-corrected chi connectivity index (χ4v) is 3.58. The number of carbonyl (C=O) groups is 3. The van der Waals surface area contributed by atoms with Crippen molar-refractivity contribution in [1.82, 2.24) is 10.2 Å². The fourth-order valence-electron chi connectivity index (χ4n) is 3.58. The second-order valence-corrected chi connectivity index (χ2v) is 8.10. The summed E-state index contributed by atoms with van der Waals surface area (Å²) in [7, 11) is 0. The van der Waals surface area contributed by atoms with E-state index in [0.717, 1.165) is 18.4 Å². The number of nitrogens with zero attached hydrogens (tertiary/aromatic N) is 1. The number of likely N-dealkylation sites (tertiary alicyclic amines) is 1. The largest absolute Gasteiger partial charge is 0.488 e. The van der Waals surface area contributed by atoms with Gasteiger partial charge in [-0.2, -0.15) is 0 Å². The molecule has 0 radical (unpaired) electrons. The quantitative estimate of drug-likeness (QED) is 0.715. The first kappa shape index (κ1) is 22.3. The van der Waals surface area contributed by atoms with Gasteiger partial charge in [-0.25, -0.2) is 0 Å². The van der Waals surface area contributed by atoms with Crippen LogP contribution in [0.2, 0.25) is 0 Å². The highest BCUT2D eigenvalue weighted by Gasteiger charge is 2.26. The second kappa shape index (κ2) is 10.1. The number of nitrogens with one attached hydrogen (secondary N) is 1. The summed E-state index contributed by atoms with van der Waals surface area (Å²) in [5, 5.41) is 3.03. The van der Waals surface area contributed by atoms with Gasteiger partial charge in [-0.1, -0.05) is 38.1 Å². The molecule has 7 heteroatoms. The van der Waals surface area contributed by atoms with Crippen LogP contribution in [0.25, 0.3) is 0 Å². The zero-order valence-corrected chi connectivity index (χ0v) is 18.0. The molecule has 3 N–H and O–H groups in total. The van der Waals surface area contributed by atoms with Gasteiger partial charge in [0.2, 0.25) is 5.91 Å². The molecule has 1 unspecified atom stereocenters. The van der Waals surface area contributed by atoms with Gasteiger partial charge in [0, 0.05) is 30.6 Å². The van der Waals surface area contributed by atoms with Crippen LogP contribution in [0.3, 0.4) is 0 Å². The molecule has 2 aromatic rings. The Bertz CT molecular complexity index is 957. The molecule has 0 saturated carbocycles. The van der Waals surface area contributed by atoms with E-state index < -0.39 is 5.91 Å². The lowest BCUT2D eigenvalue weighted by Crippen LogP contribution is -2.50. The molecule has 0 aliphatic carbocycles. The summed E-state index contributed by atoms with van der Waals surface area (Å²) in [6.45, 7) is 5.09. The molecule has 31 heavy (non-hydrogen) atoms. The fraction of sp³-hybridized carbons (Fsp3) is 0.375. The van der Waals surface area contributed by atoms with E-state index >= 15 is 0 Å². The summed E-state index contributed by atoms with van der Waals surface area (Å²) in [6, 6.07) is 14.0. The van der Waals surface area contributed by atoms with Crippen molar-refractivity contribution in [2.75, 3.05) is 13.1 Å². The minimum atomic E-state index is -0.552. The average molecular weight is 424 g/mol. The summed E-state index contributed by atoms with van der Waals surface area (Å²) in [6.07, 6.45) is 1.72.